The van der Waals surface area contributed by atoms with E-state index in [4.69, 9.17) is 0 Å². The van der Waals surface area contributed by atoms with Crippen LogP contribution in [0.5, 0.6) is 0 Å². The van der Waals surface area contributed by atoms with Crippen LogP contribution in [-0.4, -0.2) is 49.5 Å². The van der Waals surface area contributed by atoms with Crippen LogP contribution in [0.15, 0.2) is 60.0 Å². The fraction of sp³-hybridized carbons (Fsp3) is 0.227. The number of aromatic amines is 1. The minimum Gasteiger partial charge on any atom is -0.302 e. The van der Waals surface area contributed by atoms with E-state index in [0.717, 1.165) is 40.8 Å². The van der Waals surface area contributed by atoms with E-state index in [-0.39, 0.29) is 5.69 Å². The van der Waals surface area contributed by atoms with E-state index >= 15 is 0 Å². The summed E-state index contributed by atoms with van der Waals surface area (Å²) in [4.78, 5) is 17.7. The Labute approximate surface area is 188 Å². The third kappa shape index (κ3) is 3.84. The van der Waals surface area contributed by atoms with Crippen LogP contribution < -0.4 is 5.69 Å². The van der Waals surface area contributed by atoms with Crippen molar-refractivity contribution < 1.29 is 0 Å². The summed E-state index contributed by atoms with van der Waals surface area (Å²) in [5, 5.41) is 22.1. The van der Waals surface area contributed by atoms with Gasteiger partial charge in [0, 0.05) is 36.9 Å². The molecule has 0 unspecified atom stereocenters. The number of aryl methyl sites for hydroxylation is 2. The molecular formula is C22H22N10O. The van der Waals surface area contributed by atoms with Crippen LogP contribution in [-0.2, 0) is 20.0 Å². The Hall–Kier alpha value is -4.41. The van der Waals surface area contributed by atoms with E-state index < -0.39 is 0 Å². The van der Waals surface area contributed by atoms with Crippen LogP contribution in [0.4, 0.5) is 0 Å². The van der Waals surface area contributed by atoms with Crippen molar-refractivity contribution in [3.63, 3.8) is 0 Å². The van der Waals surface area contributed by atoms with Crippen molar-refractivity contribution in [2.24, 2.45) is 7.05 Å². The summed E-state index contributed by atoms with van der Waals surface area (Å²) in [5.74, 6) is 1.02. The quantitative estimate of drug-likeness (QED) is 0.409. The van der Waals surface area contributed by atoms with Crippen molar-refractivity contribution in [1.82, 2.24) is 49.5 Å². The molecule has 0 bridgehead atoms. The van der Waals surface area contributed by atoms with Crippen molar-refractivity contribution in [3.05, 3.63) is 77.0 Å². The number of nitrogens with zero attached hydrogens (tertiary/aromatic N) is 9. The largest absolute Gasteiger partial charge is 0.335 e. The molecule has 0 saturated heterocycles. The Morgan fingerprint density at radius 3 is 2.58 bits per heavy atom. The number of H-pyrrole nitrogens is 1. The molecule has 0 radical (unpaired) electrons. The summed E-state index contributed by atoms with van der Waals surface area (Å²) < 4.78 is 5.06. The van der Waals surface area contributed by atoms with Crippen LogP contribution >= 0.6 is 0 Å². The van der Waals surface area contributed by atoms with Crippen LogP contribution in [0.3, 0.4) is 0 Å². The predicted molar refractivity (Wildman–Crippen MR) is 121 cm³/mol. The van der Waals surface area contributed by atoms with E-state index in [1.54, 1.807) is 26.2 Å². The van der Waals surface area contributed by atoms with Gasteiger partial charge in [0.1, 0.15) is 6.33 Å². The van der Waals surface area contributed by atoms with Crippen molar-refractivity contribution in [3.8, 4) is 28.5 Å². The van der Waals surface area contributed by atoms with Crippen LogP contribution in [0.2, 0.25) is 0 Å². The fourth-order valence-electron chi connectivity index (χ4n) is 3.88. The Balaban J connectivity index is 1.53. The zero-order chi connectivity index (χ0) is 22.8. The van der Waals surface area contributed by atoms with Gasteiger partial charge in [-0.2, -0.15) is 5.21 Å². The second-order valence-corrected chi connectivity index (χ2v) is 7.70. The molecule has 0 atom stereocenters. The van der Waals surface area contributed by atoms with Crippen LogP contribution in [0.25, 0.3) is 28.5 Å². The lowest BCUT2D eigenvalue weighted by molar-refractivity contribution is 0.681. The first kappa shape index (κ1) is 20.5. The summed E-state index contributed by atoms with van der Waals surface area (Å²) in [7, 11) is 1.82. The second kappa shape index (κ2) is 8.61. The maximum Gasteiger partial charge on any atom is 0.335 e. The summed E-state index contributed by atoms with van der Waals surface area (Å²) in [6.45, 7) is 2.49. The first-order chi connectivity index (χ1) is 16.2. The number of hydrogen-bond donors (Lipinski definition) is 1. The predicted octanol–water partition coefficient (Wildman–Crippen LogP) is 2.01. The Morgan fingerprint density at radius 1 is 1.06 bits per heavy atom. The fourth-order valence-corrected chi connectivity index (χ4v) is 3.88. The molecule has 1 aromatic carbocycles. The van der Waals surface area contributed by atoms with E-state index in [9.17, 15) is 4.79 Å². The molecule has 0 spiro atoms. The van der Waals surface area contributed by atoms with Gasteiger partial charge in [0.15, 0.2) is 0 Å². The van der Waals surface area contributed by atoms with Gasteiger partial charge in [0.25, 0.3) is 0 Å². The topological polar surface area (TPSA) is 125 Å². The van der Waals surface area contributed by atoms with Gasteiger partial charge in [-0.1, -0.05) is 37.6 Å². The van der Waals surface area contributed by atoms with Gasteiger partial charge in [-0.25, -0.2) is 9.36 Å². The number of imidazole rings is 1. The van der Waals surface area contributed by atoms with Gasteiger partial charge in [-0.15, -0.1) is 20.4 Å². The number of pyridine rings is 1. The molecule has 1 N–H and O–H groups in total. The molecule has 11 heteroatoms. The highest BCUT2D eigenvalue weighted by molar-refractivity contribution is 5.69. The Bertz CT molecular complexity index is 1430. The van der Waals surface area contributed by atoms with E-state index in [1.165, 1.54) is 0 Å². The smallest absolute Gasteiger partial charge is 0.302 e. The maximum atomic E-state index is 13.3. The van der Waals surface area contributed by atoms with Gasteiger partial charge >= 0.3 is 5.69 Å². The number of tetrazole rings is 1. The lowest BCUT2D eigenvalue weighted by Gasteiger charge is -2.12. The second-order valence-electron chi connectivity index (χ2n) is 7.70. The van der Waals surface area contributed by atoms with Crippen molar-refractivity contribution >= 4 is 0 Å². The maximum absolute atomic E-state index is 13.3. The van der Waals surface area contributed by atoms with Crippen molar-refractivity contribution in [1.29, 1.82) is 0 Å². The average molecular weight is 442 g/mol. The number of aromatic nitrogens is 10. The number of nitrogens with one attached hydrogen (secondary N) is 1. The molecule has 11 nitrogen and oxygen atoms in total. The summed E-state index contributed by atoms with van der Waals surface area (Å²) in [6, 6.07) is 9.87. The highest BCUT2D eigenvalue weighted by atomic mass is 16.1. The van der Waals surface area contributed by atoms with E-state index in [2.05, 4.69) is 42.7 Å². The first-order valence-corrected chi connectivity index (χ1v) is 10.6. The van der Waals surface area contributed by atoms with Crippen molar-refractivity contribution in [2.45, 2.75) is 26.3 Å². The Kier molecular flexibility index (Phi) is 5.35. The molecule has 0 aliphatic rings. The number of benzene rings is 1. The first-order valence-electron chi connectivity index (χ1n) is 10.6. The van der Waals surface area contributed by atoms with Crippen LogP contribution in [0, 0.1) is 0 Å². The number of hydrogen-bond acceptors (Lipinski definition) is 7. The SMILES string of the molecule is CCCc1cn(-c2nncn2C)c(=O)n1Cc1cnccc1-c1ccc(-c2nn[nH]n2)cc1. The molecule has 4 aromatic heterocycles. The minimum absolute atomic E-state index is 0.156. The van der Waals surface area contributed by atoms with Gasteiger partial charge in [0.05, 0.1) is 6.54 Å². The molecule has 0 fully saturated rings. The van der Waals surface area contributed by atoms with Gasteiger partial charge in [0.2, 0.25) is 11.8 Å². The summed E-state index contributed by atoms with van der Waals surface area (Å²) in [6.07, 6.45) is 8.69. The summed E-state index contributed by atoms with van der Waals surface area (Å²) in [5.41, 5.74) is 4.61. The Morgan fingerprint density at radius 2 is 1.88 bits per heavy atom. The molecule has 0 amide bonds. The molecule has 0 saturated carbocycles. The molecule has 166 valence electrons. The lowest BCUT2D eigenvalue weighted by atomic mass is 10.00. The van der Waals surface area contributed by atoms with Gasteiger partial charge in [-0.05, 0) is 34.4 Å². The van der Waals surface area contributed by atoms with E-state index in [0.29, 0.717) is 18.3 Å². The summed E-state index contributed by atoms with van der Waals surface area (Å²) >= 11 is 0. The standard InChI is InChI=1S/C22H22N10O/c1-3-4-18-13-32(21-27-24-14-30(21)2)22(33)31(18)12-17-11-23-10-9-19(17)15-5-7-16(8-6-15)20-25-28-29-26-20/h5-11,13-14H,3-4,12H2,1-2H3,(H,25,26,28,29). The molecule has 5 rings (SSSR count). The highest BCUT2D eigenvalue weighted by Crippen LogP contribution is 2.26. The third-order valence-corrected chi connectivity index (χ3v) is 5.50. The molecule has 4 heterocycles. The van der Waals surface area contributed by atoms with E-state index in [1.807, 2.05) is 49.8 Å². The normalized spacial score (nSPS) is 11.2. The molecule has 0 aliphatic carbocycles. The molecule has 33 heavy (non-hydrogen) atoms. The molecule has 0 aliphatic heterocycles. The highest BCUT2D eigenvalue weighted by Gasteiger charge is 2.17. The van der Waals surface area contributed by atoms with Gasteiger partial charge in [-0.3, -0.25) is 9.55 Å². The number of rotatable bonds is 7. The van der Waals surface area contributed by atoms with Crippen molar-refractivity contribution in [2.75, 3.05) is 0 Å². The average Bonchev–Trinajstić information content (AvgIpc) is 3.58. The van der Waals surface area contributed by atoms with Gasteiger partial charge < -0.3 is 4.57 Å². The monoisotopic (exact) mass is 442 g/mol. The minimum atomic E-state index is -0.156. The zero-order valence-corrected chi connectivity index (χ0v) is 18.3. The zero-order valence-electron chi connectivity index (χ0n) is 18.3. The molecular weight excluding hydrogens is 420 g/mol. The third-order valence-electron chi connectivity index (χ3n) is 5.50. The lowest BCUT2D eigenvalue weighted by Crippen LogP contribution is -2.26. The molecule has 5 aromatic rings. The van der Waals surface area contributed by atoms with Crippen LogP contribution in [0.1, 0.15) is 24.6 Å².